The van der Waals surface area contributed by atoms with Crippen LogP contribution >= 0.6 is 0 Å². The maximum Gasteiger partial charge on any atom is 0.335 e. The molecule has 0 unspecified atom stereocenters. The quantitative estimate of drug-likeness (QED) is 0.774. The molecule has 148 valence electrons. The second-order valence-corrected chi connectivity index (χ2v) is 7.37. The van der Waals surface area contributed by atoms with E-state index in [2.05, 4.69) is 5.32 Å². The first-order valence-electron chi connectivity index (χ1n) is 9.62. The Labute approximate surface area is 167 Å². The number of fused-ring (bicyclic) bond motifs is 1. The van der Waals surface area contributed by atoms with Crippen LogP contribution in [0.3, 0.4) is 0 Å². The number of imide groups is 1. The lowest BCUT2D eigenvalue weighted by Gasteiger charge is -2.29. The van der Waals surface area contributed by atoms with E-state index in [4.69, 9.17) is 5.11 Å². The summed E-state index contributed by atoms with van der Waals surface area (Å²) in [5.41, 5.74) is 1.41. The van der Waals surface area contributed by atoms with Gasteiger partial charge in [-0.05, 0) is 55.3 Å². The van der Waals surface area contributed by atoms with Crippen LogP contribution in [0, 0.1) is 0 Å². The molecule has 7 nitrogen and oxygen atoms in total. The summed E-state index contributed by atoms with van der Waals surface area (Å²) in [6, 6.07) is 10.2. The highest BCUT2D eigenvalue weighted by Gasteiger charge is 2.40. The highest BCUT2D eigenvalue weighted by atomic mass is 16.4. The molecule has 1 fully saturated rings. The molecule has 4 rings (SSSR count). The van der Waals surface area contributed by atoms with Crippen molar-refractivity contribution in [2.45, 2.75) is 38.1 Å². The van der Waals surface area contributed by atoms with Gasteiger partial charge in [-0.2, -0.15) is 0 Å². The van der Waals surface area contributed by atoms with E-state index in [1.165, 1.54) is 47.4 Å². The van der Waals surface area contributed by atoms with Gasteiger partial charge in [-0.25, -0.2) is 4.79 Å². The van der Waals surface area contributed by atoms with Crippen LogP contribution in [0.1, 0.15) is 73.5 Å². The first kappa shape index (κ1) is 18.9. The number of rotatable bonds is 4. The average molecular weight is 392 g/mol. The Kier molecular flexibility index (Phi) is 4.88. The Morgan fingerprint density at radius 2 is 1.48 bits per heavy atom. The van der Waals surface area contributed by atoms with Crippen molar-refractivity contribution in [3.63, 3.8) is 0 Å². The second-order valence-electron chi connectivity index (χ2n) is 7.37. The molecule has 7 heteroatoms. The lowest BCUT2D eigenvalue weighted by Crippen LogP contribution is -2.40. The summed E-state index contributed by atoms with van der Waals surface area (Å²) >= 11 is 0. The predicted molar refractivity (Wildman–Crippen MR) is 105 cm³/mol. The minimum Gasteiger partial charge on any atom is -0.478 e. The van der Waals surface area contributed by atoms with Gasteiger partial charge in [0.25, 0.3) is 17.7 Å². The smallest absolute Gasteiger partial charge is 0.335 e. The minimum atomic E-state index is -1.05. The summed E-state index contributed by atoms with van der Waals surface area (Å²) in [5, 5.41) is 11.6. The van der Waals surface area contributed by atoms with Gasteiger partial charge >= 0.3 is 5.97 Å². The number of carboxylic acids is 1. The molecule has 1 saturated carbocycles. The van der Waals surface area contributed by atoms with E-state index in [1.807, 2.05) is 0 Å². The molecule has 2 aromatic rings. The van der Waals surface area contributed by atoms with Crippen LogP contribution < -0.4 is 5.32 Å². The lowest BCUT2D eigenvalue weighted by molar-refractivity contribution is 0.0547. The van der Waals surface area contributed by atoms with Gasteiger partial charge in [-0.15, -0.1) is 0 Å². The number of benzene rings is 2. The highest BCUT2D eigenvalue weighted by Crippen LogP contribution is 2.31. The summed E-state index contributed by atoms with van der Waals surface area (Å²) < 4.78 is 0. The maximum atomic E-state index is 12.9. The van der Waals surface area contributed by atoms with Gasteiger partial charge in [0.15, 0.2) is 0 Å². The van der Waals surface area contributed by atoms with Crippen molar-refractivity contribution in [3.05, 3.63) is 64.7 Å². The summed E-state index contributed by atoms with van der Waals surface area (Å²) in [6.07, 6.45) is 4.78. The molecule has 0 atom stereocenters. The molecule has 0 saturated heterocycles. The van der Waals surface area contributed by atoms with Gasteiger partial charge in [0.2, 0.25) is 0 Å². The molecule has 0 bridgehead atoms. The first-order chi connectivity index (χ1) is 14.0. The molecule has 2 N–H and O–H groups in total. The van der Waals surface area contributed by atoms with E-state index in [-0.39, 0.29) is 34.5 Å². The molecule has 3 amide bonds. The zero-order valence-corrected chi connectivity index (χ0v) is 15.7. The van der Waals surface area contributed by atoms with E-state index in [1.54, 1.807) is 0 Å². The fourth-order valence-corrected chi connectivity index (χ4v) is 3.97. The monoisotopic (exact) mass is 392 g/mol. The summed E-state index contributed by atoms with van der Waals surface area (Å²) in [5.74, 6) is -2.11. The molecule has 0 radical (unpaired) electrons. The number of nitrogens with one attached hydrogen (secondary N) is 1. The molecule has 0 aromatic heterocycles. The van der Waals surface area contributed by atoms with Crippen molar-refractivity contribution in [2.75, 3.05) is 5.32 Å². The SMILES string of the molecule is O=C(O)c1ccc(NC(=O)c2ccc3c(c2)C(=O)N(C2CCCCC2)C3=O)cc1. The van der Waals surface area contributed by atoms with E-state index < -0.39 is 11.9 Å². The van der Waals surface area contributed by atoms with Crippen molar-refractivity contribution in [1.82, 2.24) is 4.90 Å². The average Bonchev–Trinajstić information content (AvgIpc) is 2.99. The van der Waals surface area contributed by atoms with Gasteiger partial charge in [0.05, 0.1) is 16.7 Å². The van der Waals surface area contributed by atoms with Gasteiger partial charge in [-0.3, -0.25) is 19.3 Å². The van der Waals surface area contributed by atoms with Crippen LogP contribution in [-0.4, -0.2) is 39.7 Å². The van der Waals surface area contributed by atoms with Crippen molar-refractivity contribution < 1.29 is 24.3 Å². The van der Waals surface area contributed by atoms with Crippen molar-refractivity contribution in [2.24, 2.45) is 0 Å². The maximum absolute atomic E-state index is 12.9. The van der Waals surface area contributed by atoms with Crippen LogP contribution in [0.4, 0.5) is 5.69 Å². The van der Waals surface area contributed by atoms with Gasteiger partial charge in [-0.1, -0.05) is 19.3 Å². The topological polar surface area (TPSA) is 104 Å². The Bertz CT molecular complexity index is 1010. The highest BCUT2D eigenvalue weighted by molar-refractivity contribution is 6.22. The van der Waals surface area contributed by atoms with Crippen LogP contribution in [0.2, 0.25) is 0 Å². The molecule has 1 aliphatic heterocycles. The fraction of sp³-hybridized carbons (Fsp3) is 0.273. The Hall–Kier alpha value is -3.48. The standard InChI is InChI=1S/C22H20N2O5/c25-19(23-15-9-6-13(7-10-15)22(28)29)14-8-11-17-18(12-14)21(27)24(20(17)26)16-4-2-1-3-5-16/h6-12,16H,1-5H2,(H,23,25)(H,28,29). The predicted octanol–water partition coefficient (Wildman–Crippen LogP) is 3.57. The number of carbonyl (C=O) groups is 4. The number of carbonyl (C=O) groups excluding carboxylic acids is 3. The van der Waals surface area contributed by atoms with Crippen LogP contribution in [0.15, 0.2) is 42.5 Å². The number of hydrogen-bond donors (Lipinski definition) is 2. The van der Waals surface area contributed by atoms with Crippen molar-refractivity contribution in [3.8, 4) is 0 Å². The summed E-state index contributed by atoms with van der Waals surface area (Å²) in [7, 11) is 0. The van der Waals surface area contributed by atoms with Crippen molar-refractivity contribution >= 4 is 29.4 Å². The third-order valence-electron chi connectivity index (χ3n) is 5.51. The number of anilines is 1. The number of carboxylic acid groups (broad SMARTS) is 1. The molecular weight excluding hydrogens is 372 g/mol. The van der Waals surface area contributed by atoms with E-state index in [9.17, 15) is 19.2 Å². The number of amides is 3. The minimum absolute atomic E-state index is 0.0684. The molecule has 2 aliphatic rings. The van der Waals surface area contributed by atoms with E-state index in [0.717, 1.165) is 32.1 Å². The summed E-state index contributed by atoms with van der Waals surface area (Å²) in [6.45, 7) is 0. The van der Waals surface area contributed by atoms with Crippen LogP contribution in [0.25, 0.3) is 0 Å². The Balaban J connectivity index is 1.53. The molecule has 0 spiro atoms. The molecule has 2 aromatic carbocycles. The van der Waals surface area contributed by atoms with Crippen molar-refractivity contribution in [1.29, 1.82) is 0 Å². The van der Waals surface area contributed by atoms with Crippen LogP contribution in [0.5, 0.6) is 0 Å². The lowest BCUT2D eigenvalue weighted by atomic mass is 9.94. The van der Waals surface area contributed by atoms with Gasteiger partial charge in [0.1, 0.15) is 0 Å². The summed E-state index contributed by atoms with van der Waals surface area (Å²) in [4.78, 5) is 50.4. The number of nitrogens with zero attached hydrogens (tertiary/aromatic N) is 1. The van der Waals surface area contributed by atoms with E-state index >= 15 is 0 Å². The normalized spacial score (nSPS) is 16.6. The molecule has 1 aliphatic carbocycles. The Morgan fingerprint density at radius 3 is 2.14 bits per heavy atom. The largest absolute Gasteiger partial charge is 0.478 e. The number of aromatic carboxylic acids is 1. The fourth-order valence-electron chi connectivity index (χ4n) is 3.97. The molecule has 29 heavy (non-hydrogen) atoms. The van der Waals surface area contributed by atoms with Gasteiger partial charge < -0.3 is 10.4 Å². The Morgan fingerprint density at radius 1 is 0.862 bits per heavy atom. The molecular formula is C22H20N2O5. The zero-order chi connectivity index (χ0) is 20.5. The third-order valence-corrected chi connectivity index (χ3v) is 5.51. The zero-order valence-electron chi connectivity index (χ0n) is 15.7. The molecule has 1 heterocycles. The number of hydrogen-bond acceptors (Lipinski definition) is 4. The van der Waals surface area contributed by atoms with Crippen LogP contribution in [-0.2, 0) is 0 Å². The first-order valence-corrected chi connectivity index (χ1v) is 9.62. The van der Waals surface area contributed by atoms with E-state index in [0.29, 0.717) is 11.3 Å². The third kappa shape index (κ3) is 3.51. The van der Waals surface area contributed by atoms with Gasteiger partial charge in [0, 0.05) is 17.3 Å². The second kappa shape index (κ2) is 7.50.